The zero-order valence-electron chi connectivity index (χ0n) is 11.9. The Bertz CT molecular complexity index is 249. The lowest BCUT2D eigenvalue weighted by Crippen LogP contribution is -2.41. The van der Waals surface area contributed by atoms with Crippen LogP contribution < -0.4 is 0 Å². The Morgan fingerprint density at radius 2 is 1.44 bits per heavy atom. The molecule has 0 aliphatic carbocycles. The molecule has 0 amide bonds. The summed E-state index contributed by atoms with van der Waals surface area (Å²) in [7, 11) is -3.39. The standard InChI is InChI=1S/C11H26O3Si2/c1-11(2,14-16(6,7)8)9-10(12)13-15(3,4)5/h9H2,1-8H3. The molecular weight excluding hydrogens is 236 g/mol. The molecule has 16 heavy (non-hydrogen) atoms. The zero-order chi connectivity index (χ0) is 13.2. The van der Waals surface area contributed by atoms with Crippen LogP contribution in [0, 0.1) is 0 Å². The van der Waals surface area contributed by atoms with Gasteiger partial charge in [0.2, 0.25) is 8.32 Å². The largest absolute Gasteiger partial charge is 0.520 e. The molecule has 0 heterocycles. The van der Waals surface area contributed by atoms with E-state index in [0.717, 1.165) is 0 Å². The molecule has 0 atom stereocenters. The van der Waals surface area contributed by atoms with Gasteiger partial charge in [0.15, 0.2) is 8.32 Å². The third-order valence-corrected chi connectivity index (χ3v) is 3.58. The molecule has 0 saturated carbocycles. The van der Waals surface area contributed by atoms with Gasteiger partial charge in [0, 0.05) is 0 Å². The molecule has 0 saturated heterocycles. The monoisotopic (exact) mass is 262 g/mol. The van der Waals surface area contributed by atoms with Gasteiger partial charge in [0.25, 0.3) is 5.97 Å². The van der Waals surface area contributed by atoms with Crippen LogP contribution in [0.2, 0.25) is 39.3 Å². The number of carbonyl (C=O) groups excluding carboxylic acids is 1. The van der Waals surface area contributed by atoms with Gasteiger partial charge >= 0.3 is 0 Å². The first kappa shape index (κ1) is 15.9. The Labute approximate surface area is 102 Å². The third-order valence-electron chi connectivity index (χ3n) is 1.57. The molecule has 0 fully saturated rings. The van der Waals surface area contributed by atoms with Crippen LogP contribution in [0.15, 0.2) is 0 Å². The van der Waals surface area contributed by atoms with Gasteiger partial charge in [-0.05, 0) is 53.1 Å². The van der Waals surface area contributed by atoms with Crippen molar-refractivity contribution in [2.45, 2.75) is 65.2 Å². The summed E-state index contributed by atoms with van der Waals surface area (Å²) in [4.78, 5) is 11.7. The van der Waals surface area contributed by atoms with E-state index in [9.17, 15) is 4.79 Å². The number of carbonyl (C=O) groups is 1. The summed E-state index contributed by atoms with van der Waals surface area (Å²) in [6, 6.07) is 0. The minimum atomic E-state index is -1.77. The molecule has 0 radical (unpaired) electrons. The van der Waals surface area contributed by atoms with Crippen molar-refractivity contribution in [1.29, 1.82) is 0 Å². The van der Waals surface area contributed by atoms with E-state index in [4.69, 9.17) is 8.85 Å². The van der Waals surface area contributed by atoms with Crippen LogP contribution in [0.1, 0.15) is 20.3 Å². The van der Waals surface area contributed by atoms with Crippen molar-refractivity contribution in [2.24, 2.45) is 0 Å². The summed E-state index contributed by atoms with van der Waals surface area (Å²) >= 11 is 0. The smallest absolute Gasteiger partial charge is 0.295 e. The minimum absolute atomic E-state index is 0.137. The Kier molecular flexibility index (Phi) is 4.97. The highest BCUT2D eigenvalue weighted by atomic mass is 28.4. The molecule has 0 rings (SSSR count). The van der Waals surface area contributed by atoms with Crippen molar-refractivity contribution >= 4 is 22.6 Å². The normalized spacial score (nSPS) is 13.8. The summed E-state index contributed by atoms with van der Waals surface area (Å²) in [6.45, 7) is 16.3. The molecule has 5 heteroatoms. The van der Waals surface area contributed by atoms with Crippen LogP contribution in [-0.4, -0.2) is 28.2 Å². The van der Waals surface area contributed by atoms with Crippen LogP contribution in [0.4, 0.5) is 0 Å². The van der Waals surface area contributed by atoms with Crippen LogP contribution in [0.5, 0.6) is 0 Å². The molecule has 0 spiro atoms. The minimum Gasteiger partial charge on any atom is -0.520 e. The van der Waals surface area contributed by atoms with E-state index in [-0.39, 0.29) is 5.97 Å². The zero-order valence-corrected chi connectivity index (χ0v) is 13.9. The lowest BCUT2D eigenvalue weighted by Gasteiger charge is -2.33. The molecule has 0 aromatic rings. The fourth-order valence-electron chi connectivity index (χ4n) is 1.59. The topological polar surface area (TPSA) is 35.5 Å². The van der Waals surface area contributed by atoms with Crippen LogP contribution in [-0.2, 0) is 13.6 Å². The van der Waals surface area contributed by atoms with E-state index in [1.54, 1.807) is 0 Å². The van der Waals surface area contributed by atoms with E-state index in [1.165, 1.54) is 0 Å². The van der Waals surface area contributed by atoms with Crippen LogP contribution in [0.3, 0.4) is 0 Å². The maximum atomic E-state index is 11.7. The summed E-state index contributed by atoms with van der Waals surface area (Å²) in [5, 5.41) is 0. The van der Waals surface area contributed by atoms with Crippen LogP contribution in [0.25, 0.3) is 0 Å². The second-order valence-corrected chi connectivity index (χ2v) is 15.6. The van der Waals surface area contributed by atoms with Crippen molar-refractivity contribution in [3.8, 4) is 0 Å². The SMILES string of the molecule is CC(C)(CC(=O)O[Si](C)(C)C)O[Si](C)(C)C. The summed E-state index contributed by atoms with van der Waals surface area (Å²) in [5.41, 5.74) is -0.415. The Morgan fingerprint density at radius 3 is 1.75 bits per heavy atom. The lowest BCUT2D eigenvalue weighted by molar-refractivity contribution is -0.138. The van der Waals surface area contributed by atoms with E-state index in [2.05, 4.69) is 19.6 Å². The van der Waals surface area contributed by atoms with Gasteiger partial charge in [-0.1, -0.05) is 0 Å². The molecule has 3 nitrogen and oxygen atoms in total. The summed E-state index contributed by atoms with van der Waals surface area (Å²) in [6.07, 6.45) is 0.335. The van der Waals surface area contributed by atoms with Gasteiger partial charge in [-0.3, -0.25) is 4.79 Å². The van der Waals surface area contributed by atoms with Crippen molar-refractivity contribution in [1.82, 2.24) is 0 Å². The predicted molar refractivity (Wildman–Crippen MR) is 72.6 cm³/mol. The Hall–Kier alpha value is -0.136. The first-order valence-corrected chi connectivity index (χ1v) is 12.5. The molecule has 0 aromatic heterocycles. The molecule has 0 N–H and O–H groups in total. The first-order valence-electron chi connectivity index (χ1n) is 5.73. The van der Waals surface area contributed by atoms with Crippen molar-refractivity contribution in [2.75, 3.05) is 0 Å². The van der Waals surface area contributed by atoms with E-state index >= 15 is 0 Å². The van der Waals surface area contributed by atoms with E-state index < -0.39 is 22.2 Å². The first-order chi connectivity index (χ1) is 6.81. The quantitative estimate of drug-likeness (QED) is 0.713. The third kappa shape index (κ3) is 9.12. The van der Waals surface area contributed by atoms with Gasteiger partial charge in [-0.15, -0.1) is 0 Å². The lowest BCUT2D eigenvalue weighted by atomic mass is 10.1. The fraction of sp³-hybridized carbons (Fsp3) is 0.909. The average molecular weight is 262 g/mol. The van der Waals surface area contributed by atoms with Gasteiger partial charge in [-0.2, -0.15) is 0 Å². The molecule has 96 valence electrons. The highest BCUT2D eigenvalue weighted by molar-refractivity contribution is 6.71. The van der Waals surface area contributed by atoms with Crippen molar-refractivity contribution < 1.29 is 13.6 Å². The van der Waals surface area contributed by atoms with Crippen molar-refractivity contribution in [3.63, 3.8) is 0 Å². The highest BCUT2D eigenvalue weighted by Gasteiger charge is 2.31. The average Bonchev–Trinajstić information content (AvgIpc) is 1.70. The highest BCUT2D eigenvalue weighted by Crippen LogP contribution is 2.22. The van der Waals surface area contributed by atoms with Gasteiger partial charge in [-0.25, -0.2) is 0 Å². The Morgan fingerprint density at radius 1 is 1.00 bits per heavy atom. The molecule has 0 bridgehead atoms. The maximum absolute atomic E-state index is 11.7. The number of hydrogen-bond donors (Lipinski definition) is 0. The van der Waals surface area contributed by atoms with E-state index in [0.29, 0.717) is 6.42 Å². The molecule has 0 aliphatic rings. The van der Waals surface area contributed by atoms with Gasteiger partial charge < -0.3 is 8.85 Å². The van der Waals surface area contributed by atoms with Gasteiger partial charge in [0.05, 0.1) is 12.0 Å². The second kappa shape index (κ2) is 5.02. The maximum Gasteiger partial charge on any atom is 0.295 e. The molecular formula is C11H26O3Si2. The summed E-state index contributed by atoms with van der Waals surface area (Å²) in [5.74, 6) is -0.137. The van der Waals surface area contributed by atoms with E-state index in [1.807, 2.05) is 33.5 Å². The Balaban J connectivity index is 4.32. The second-order valence-electron chi connectivity index (χ2n) is 6.74. The number of rotatable bonds is 5. The molecule has 0 aromatic carbocycles. The predicted octanol–water partition coefficient (Wildman–Crippen LogP) is 3.38. The molecule has 0 unspecified atom stereocenters. The fourth-order valence-corrected chi connectivity index (χ4v) is 4.08. The summed E-state index contributed by atoms with van der Waals surface area (Å²) < 4.78 is 11.4. The van der Waals surface area contributed by atoms with Gasteiger partial charge in [0.1, 0.15) is 0 Å². The van der Waals surface area contributed by atoms with Crippen LogP contribution >= 0.6 is 0 Å². The molecule has 0 aliphatic heterocycles. The number of hydrogen-bond acceptors (Lipinski definition) is 3. The van der Waals surface area contributed by atoms with Crippen molar-refractivity contribution in [3.05, 3.63) is 0 Å².